The van der Waals surface area contributed by atoms with Crippen molar-refractivity contribution in [3.63, 3.8) is 0 Å². The van der Waals surface area contributed by atoms with Crippen LogP contribution in [0.1, 0.15) is 207 Å². The Balaban J connectivity index is 2.31. The summed E-state index contributed by atoms with van der Waals surface area (Å²) in [5.74, 6) is 1.11. The first-order chi connectivity index (χ1) is 24.4. The van der Waals surface area contributed by atoms with Crippen LogP contribution in [0.3, 0.4) is 0 Å². The SMILES string of the molecule is CCCCCC(CCCC)OC(=O)CCCCCCCN(CCCCCCCC(=O)OC(CCCC)CCCCC)CCCn1ccnc1C. The molecule has 1 aromatic rings. The highest BCUT2D eigenvalue weighted by molar-refractivity contribution is 5.69. The number of hydrogen-bond acceptors (Lipinski definition) is 6. The number of ether oxygens (including phenoxy) is 2. The first kappa shape index (κ1) is 46.1. The van der Waals surface area contributed by atoms with E-state index < -0.39 is 0 Å². The van der Waals surface area contributed by atoms with Crippen LogP contribution in [0, 0.1) is 6.92 Å². The highest BCUT2D eigenvalue weighted by Gasteiger charge is 2.15. The molecule has 0 aromatic carbocycles. The van der Waals surface area contributed by atoms with Gasteiger partial charge in [-0.2, -0.15) is 0 Å². The predicted octanol–water partition coefficient (Wildman–Crippen LogP) is 11.9. The second kappa shape index (κ2) is 33.0. The van der Waals surface area contributed by atoms with E-state index in [4.69, 9.17) is 9.47 Å². The van der Waals surface area contributed by atoms with Crippen LogP contribution in [0.5, 0.6) is 0 Å². The molecule has 1 heterocycles. The minimum absolute atomic E-state index is 0.00990. The molecule has 0 bridgehead atoms. The molecule has 0 fully saturated rings. The molecule has 7 heteroatoms. The molecule has 0 N–H and O–H groups in total. The van der Waals surface area contributed by atoms with E-state index in [9.17, 15) is 9.59 Å². The third-order valence-electron chi connectivity index (χ3n) is 10.1. The standard InChI is InChI=1S/C43H81N3O4/c1-6-10-20-29-40(27-12-8-3)49-42(47)31-22-16-14-18-24-34-45(36-26-37-46-38-33-44-39(46)5)35-25-19-15-17-23-32-43(48)50-41(28-13-9-4)30-21-11-7-2/h33,38,40-41H,6-32,34-37H2,1-5H3. The van der Waals surface area contributed by atoms with Crippen LogP contribution >= 0.6 is 0 Å². The average Bonchev–Trinajstić information content (AvgIpc) is 3.52. The highest BCUT2D eigenvalue weighted by atomic mass is 16.5. The predicted molar refractivity (Wildman–Crippen MR) is 211 cm³/mol. The summed E-state index contributed by atoms with van der Waals surface area (Å²) in [5.41, 5.74) is 0. The van der Waals surface area contributed by atoms with Crippen molar-refractivity contribution < 1.29 is 19.1 Å². The lowest BCUT2D eigenvalue weighted by molar-refractivity contribution is -0.151. The van der Waals surface area contributed by atoms with Crippen molar-refractivity contribution in [2.75, 3.05) is 19.6 Å². The van der Waals surface area contributed by atoms with E-state index >= 15 is 0 Å². The number of hydrogen-bond donors (Lipinski definition) is 0. The first-order valence-electron chi connectivity index (χ1n) is 21.5. The maximum atomic E-state index is 12.5. The lowest BCUT2D eigenvalue weighted by Crippen LogP contribution is -2.28. The van der Waals surface area contributed by atoms with Gasteiger partial charge < -0.3 is 18.9 Å². The van der Waals surface area contributed by atoms with Gasteiger partial charge in [0.15, 0.2) is 0 Å². The molecule has 50 heavy (non-hydrogen) atoms. The Kier molecular flexibility index (Phi) is 30.4. The molecule has 0 aliphatic heterocycles. The fourth-order valence-corrected chi connectivity index (χ4v) is 6.83. The van der Waals surface area contributed by atoms with E-state index in [0.717, 1.165) is 128 Å². The Labute approximate surface area is 309 Å². The zero-order valence-corrected chi connectivity index (χ0v) is 33.7. The molecule has 0 spiro atoms. The molecule has 0 saturated heterocycles. The summed E-state index contributed by atoms with van der Waals surface area (Å²) in [6.07, 6.45) is 33.7. The van der Waals surface area contributed by atoms with E-state index in [1.54, 1.807) is 0 Å². The Hall–Kier alpha value is -1.89. The fourth-order valence-electron chi connectivity index (χ4n) is 6.83. The number of aromatic nitrogens is 2. The molecule has 1 rings (SSSR count). The number of aryl methyl sites for hydroxylation is 2. The van der Waals surface area contributed by atoms with Gasteiger partial charge in [-0.3, -0.25) is 9.59 Å². The van der Waals surface area contributed by atoms with Crippen molar-refractivity contribution in [1.29, 1.82) is 0 Å². The Morgan fingerprint density at radius 2 is 1.00 bits per heavy atom. The van der Waals surface area contributed by atoms with Gasteiger partial charge in [0.25, 0.3) is 0 Å². The average molecular weight is 704 g/mol. The van der Waals surface area contributed by atoms with Gasteiger partial charge in [0.2, 0.25) is 0 Å². The fraction of sp³-hybridized carbons (Fsp3) is 0.884. The molecule has 0 amide bonds. The number of nitrogens with zero attached hydrogens (tertiary/aromatic N) is 3. The van der Waals surface area contributed by atoms with Crippen LogP contribution in [0.15, 0.2) is 12.4 Å². The van der Waals surface area contributed by atoms with Crippen LogP contribution in [0.25, 0.3) is 0 Å². The van der Waals surface area contributed by atoms with E-state index in [2.05, 4.69) is 55.3 Å². The Bertz CT molecular complexity index is 870. The molecule has 0 radical (unpaired) electrons. The van der Waals surface area contributed by atoms with Crippen LogP contribution < -0.4 is 0 Å². The molecule has 0 aliphatic carbocycles. The third-order valence-corrected chi connectivity index (χ3v) is 10.1. The summed E-state index contributed by atoms with van der Waals surface area (Å²) in [5, 5.41) is 0. The van der Waals surface area contributed by atoms with E-state index in [-0.39, 0.29) is 24.1 Å². The van der Waals surface area contributed by atoms with Gasteiger partial charge >= 0.3 is 11.9 Å². The van der Waals surface area contributed by atoms with Gasteiger partial charge in [-0.05, 0) is 97.2 Å². The first-order valence-corrected chi connectivity index (χ1v) is 21.5. The monoisotopic (exact) mass is 704 g/mol. The molecule has 7 nitrogen and oxygen atoms in total. The molecular formula is C43H81N3O4. The molecule has 0 aliphatic rings. The van der Waals surface area contributed by atoms with E-state index in [1.807, 2.05) is 6.20 Å². The van der Waals surface area contributed by atoms with Crippen molar-refractivity contribution in [3.05, 3.63) is 18.2 Å². The summed E-state index contributed by atoms with van der Waals surface area (Å²) in [4.78, 5) is 32.0. The van der Waals surface area contributed by atoms with Crippen molar-refractivity contribution in [3.8, 4) is 0 Å². The van der Waals surface area contributed by atoms with Crippen molar-refractivity contribution in [1.82, 2.24) is 14.5 Å². The van der Waals surface area contributed by atoms with Crippen molar-refractivity contribution >= 4 is 11.9 Å². The summed E-state index contributed by atoms with van der Waals surface area (Å²) in [6.45, 7) is 15.4. The number of carbonyl (C=O) groups excluding carboxylic acids is 2. The van der Waals surface area contributed by atoms with Gasteiger partial charge in [0.05, 0.1) is 0 Å². The normalized spacial score (nSPS) is 12.8. The Morgan fingerprint density at radius 3 is 1.44 bits per heavy atom. The number of esters is 2. The smallest absolute Gasteiger partial charge is 0.306 e. The molecule has 0 saturated carbocycles. The Morgan fingerprint density at radius 1 is 0.580 bits per heavy atom. The minimum atomic E-state index is 0.00990. The van der Waals surface area contributed by atoms with E-state index in [0.29, 0.717) is 12.8 Å². The summed E-state index contributed by atoms with van der Waals surface area (Å²) >= 11 is 0. The lowest BCUT2D eigenvalue weighted by Gasteiger charge is -2.22. The van der Waals surface area contributed by atoms with E-state index in [1.165, 1.54) is 64.2 Å². The topological polar surface area (TPSA) is 73.7 Å². The number of unbranched alkanes of at least 4 members (excludes halogenated alkanes) is 14. The molecule has 2 unspecified atom stereocenters. The number of rotatable bonds is 36. The van der Waals surface area contributed by atoms with Crippen LogP contribution in [-0.4, -0.2) is 58.2 Å². The zero-order valence-electron chi connectivity index (χ0n) is 33.7. The van der Waals surface area contributed by atoms with Crippen LogP contribution in [0.4, 0.5) is 0 Å². The largest absolute Gasteiger partial charge is 0.462 e. The van der Waals surface area contributed by atoms with Crippen molar-refractivity contribution in [2.45, 2.75) is 227 Å². The lowest BCUT2D eigenvalue weighted by atomic mass is 10.1. The van der Waals surface area contributed by atoms with Crippen LogP contribution in [-0.2, 0) is 25.6 Å². The van der Waals surface area contributed by atoms with Gasteiger partial charge in [0.1, 0.15) is 18.0 Å². The summed E-state index contributed by atoms with van der Waals surface area (Å²) < 4.78 is 14.0. The quantitative estimate of drug-likeness (QED) is 0.0511. The second-order valence-electron chi connectivity index (χ2n) is 14.9. The summed E-state index contributed by atoms with van der Waals surface area (Å²) in [6, 6.07) is 0. The second-order valence-corrected chi connectivity index (χ2v) is 14.9. The maximum absolute atomic E-state index is 12.5. The van der Waals surface area contributed by atoms with Gasteiger partial charge in [-0.15, -0.1) is 0 Å². The molecule has 1 aromatic heterocycles. The third kappa shape index (κ3) is 26.0. The minimum Gasteiger partial charge on any atom is -0.462 e. The van der Waals surface area contributed by atoms with Crippen molar-refractivity contribution in [2.24, 2.45) is 0 Å². The number of carbonyl (C=O) groups is 2. The van der Waals surface area contributed by atoms with Gasteiger partial charge in [-0.1, -0.05) is 118 Å². The van der Waals surface area contributed by atoms with Gasteiger partial charge in [-0.25, -0.2) is 4.98 Å². The molecule has 2 atom stereocenters. The molecule has 292 valence electrons. The van der Waals surface area contributed by atoms with Gasteiger partial charge in [0, 0.05) is 31.8 Å². The molecular weight excluding hydrogens is 622 g/mol. The number of imidazole rings is 1. The van der Waals surface area contributed by atoms with Crippen LogP contribution in [0.2, 0.25) is 0 Å². The maximum Gasteiger partial charge on any atom is 0.306 e. The zero-order chi connectivity index (χ0) is 36.5. The summed E-state index contributed by atoms with van der Waals surface area (Å²) in [7, 11) is 0. The highest BCUT2D eigenvalue weighted by Crippen LogP contribution is 2.17.